The van der Waals surface area contributed by atoms with E-state index in [4.69, 9.17) is 4.74 Å². The van der Waals surface area contributed by atoms with Gasteiger partial charge in [-0.1, -0.05) is 26.8 Å². The Balaban J connectivity index is 2.15. The molecule has 0 radical (unpaired) electrons. The summed E-state index contributed by atoms with van der Waals surface area (Å²) in [4.78, 5) is 11.6. The van der Waals surface area contributed by atoms with E-state index in [1.807, 2.05) is 37.3 Å². The van der Waals surface area contributed by atoms with Crippen LogP contribution in [0.2, 0.25) is 0 Å². The van der Waals surface area contributed by atoms with Crippen LogP contribution in [0.15, 0.2) is 42.5 Å². The molecule has 0 heterocycles. The smallest absolute Gasteiger partial charge is 0.162 e. The number of carbonyl (C=O) groups excluding carboxylic acids is 1. The summed E-state index contributed by atoms with van der Waals surface area (Å²) in [6, 6.07) is 13.5. The van der Waals surface area contributed by atoms with E-state index in [0.29, 0.717) is 12.3 Å². The molecule has 0 unspecified atom stereocenters. The topological polar surface area (TPSA) is 26.3 Å². The number of hydrogen-bond donors (Lipinski definition) is 0. The van der Waals surface area contributed by atoms with Crippen molar-refractivity contribution in [2.24, 2.45) is 0 Å². The fraction of sp³-hybridized carbons (Fsp3) is 0.316. The molecule has 0 N–H and O–H groups in total. The van der Waals surface area contributed by atoms with Gasteiger partial charge < -0.3 is 4.74 Å². The minimum Gasteiger partial charge on any atom is -0.457 e. The second-order valence-corrected chi connectivity index (χ2v) is 5.58. The maximum absolute atomic E-state index is 11.6. The van der Waals surface area contributed by atoms with Gasteiger partial charge in [0.1, 0.15) is 11.5 Å². The molecule has 0 atom stereocenters. The molecule has 21 heavy (non-hydrogen) atoms. The van der Waals surface area contributed by atoms with Crippen LogP contribution >= 0.6 is 0 Å². The van der Waals surface area contributed by atoms with Crippen molar-refractivity contribution in [2.45, 2.75) is 40.0 Å². The lowest BCUT2D eigenvalue weighted by molar-refractivity contribution is 0.0988. The van der Waals surface area contributed by atoms with Crippen molar-refractivity contribution < 1.29 is 9.53 Å². The van der Waals surface area contributed by atoms with Crippen molar-refractivity contribution >= 4 is 5.78 Å². The van der Waals surface area contributed by atoms with Crippen LogP contribution in [-0.4, -0.2) is 5.78 Å². The van der Waals surface area contributed by atoms with Crippen LogP contribution in [-0.2, 0) is 0 Å². The first-order valence-corrected chi connectivity index (χ1v) is 7.43. The van der Waals surface area contributed by atoms with Crippen molar-refractivity contribution in [2.75, 3.05) is 0 Å². The van der Waals surface area contributed by atoms with Crippen LogP contribution in [0.5, 0.6) is 11.5 Å². The SMILES string of the molecule is CCC(=O)c1ccc(Oc2ccc(C(C)C)c(C)c2)cc1. The highest BCUT2D eigenvalue weighted by Gasteiger charge is 2.06. The zero-order valence-corrected chi connectivity index (χ0v) is 13.1. The molecule has 0 aliphatic rings. The van der Waals surface area contributed by atoms with E-state index in [1.54, 1.807) is 0 Å². The van der Waals surface area contributed by atoms with Gasteiger partial charge in [-0.3, -0.25) is 4.79 Å². The lowest BCUT2D eigenvalue weighted by Crippen LogP contribution is -1.96. The Morgan fingerprint density at radius 3 is 2.19 bits per heavy atom. The van der Waals surface area contributed by atoms with E-state index in [2.05, 4.69) is 32.9 Å². The van der Waals surface area contributed by atoms with E-state index in [9.17, 15) is 4.79 Å². The number of ketones is 1. The highest BCUT2D eigenvalue weighted by atomic mass is 16.5. The van der Waals surface area contributed by atoms with Gasteiger partial charge in [-0.25, -0.2) is 0 Å². The van der Waals surface area contributed by atoms with Gasteiger partial charge in [-0.15, -0.1) is 0 Å². The second kappa shape index (κ2) is 6.57. The molecule has 0 aliphatic carbocycles. The van der Waals surface area contributed by atoms with E-state index in [-0.39, 0.29) is 5.78 Å². The van der Waals surface area contributed by atoms with Crippen molar-refractivity contribution in [1.82, 2.24) is 0 Å². The monoisotopic (exact) mass is 282 g/mol. The van der Waals surface area contributed by atoms with Crippen LogP contribution in [0, 0.1) is 6.92 Å². The molecule has 0 saturated heterocycles. The van der Waals surface area contributed by atoms with Crippen LogP contribution in [0.1, 0.15) is 54.6 Å². The Morgan fingerprint density at radius 2 is 1.67 bits per heavy atom. The number of ether oxygens (including phenoxy) is 1. The van der Waals surface area contributed by atoms with Crippen LogP contribution < -0.4 is 4.74 Å². The third-order valence-corrected chi connectivity index (χ3v) is 3.60. The van der Waals surface area contributed by atoms with Crippen LogP contribution in [0.3, 0.4) is 0 Å². The standard InChI is InChI=1S/C19H22O2/c1-5-19(20)15-6-8-16(9-7-15)21-17-10-11-18(13(2)3)14(4)12-17/h6-13H,5H2,1-4H3. The maximum atomic E-state index is 11.6. The molecule has 2 heteroatoms. The summed E-state index contributed by atoms with van der Waals surface area (Å²) >= 11 is 0. The van der Waals surface area contributed by atoms with Gasteiger partial charge >= 0.3 is 0 Å². The summed E-state index contributed by atoms with van der Waals surface area (Å²) < 4.78 is 5.85. The second-order valence-electron chi connectivity index (χ2n) is 5.58. The van der Waals surface area contributed by atoms with Gasteiger partial charge in [0.15, 0.2) is 5.78 Å². The number of hydrogen-bond acceptors (Lipinski definition) is 2. The average molecular weight is 282 g/mol. The molecule has 2 aromatic carbocycles. The van der Waals surface area contributed by atoms with Gasteiger partial charge in [0.2, 0.25) is 0 Å². The van der Waals surface area contributed by atoms with E-state index in [0.717, 1.165) is 17.1 Å². The summed E-state index contributed by atoms with van der Waals surface area (Å²) in [5.41, 5.74) is 3.31. The Kier molecular flexibility index (Phi) is 4.79. The average Bonchev–Trinajstić information content (AvgIpc) is 2.47. The fourth-order valence-electron chi connectivity index (χ4n) is 2.41. The van der Waals surface area contributed by atoms with Gasteiger partial charge in [0.25, 0.3) is 0 Å². The third kappa shape index (κ3) is 3.72. The summed E-state index contributed by atoms with van der Waals surface area (Å²) in [5.74, 6) is 2.24. The number of rotatable bonds is 5. The first-order chi connectivity index (χ1) is 10.0. The summed E-state index contributed by atoms with van der Waals surface area (Å²) in [6.45, 7) is 8.34. The predicted molar refractivity (Wildman–Crippen MR) is 86.4 cm³/mol. The first-order valence-electron chi connectivity index (χ1n) is 7.43. The fourth-order valence-corrected chi connectivity index (χ4v) is 2.41. The molecule has 0 saturated carbocycles. The number of aryl methyl sites for hydroxylation is 1. The molecule has 110 valence electrons. The molecule has 2 rings (SSSR count). The Labute approximate surface area is 126 Å². The van der Waals surface area contributed by atoms with Crippen LogP contribution in [0.4, 0.5) is 0 Å². The molecule has 0 spiro atoms. The van der Waals surface area contributed by atoms with Gasteiger partial charge in [0.05, 0.1) is 0 Å². The van der Waals surface area contributed by atoms with E-state index >= 15 is 0 Å². The number of benzene rings is 2. The van der Waals surface area contributed by atoms with Crippen molar-refractivity contribution in [1.29, 1.82) is 0 Å². The molecular weight excluding hydrogens is 260 g/mol. The highest BCUT2D eigenvalue weighted by molar-refractivity contribution is 5.95. The molecule has 0 bridgehead atoms. The van der Waals surface area contributed by atoms with Crippen molar-refractivity contribution in [3.8, 4) is 11.5 Å². The maximum Gasteiger partial charge on any atom is 0.162 e. The lowest BCUT2D eigenvalue weighted by Gasteiger charge is -2.12. The van der Waals surface area contributed by atoms with Gasteiger partial charge in [-0.05, 0) is 60.4 Å². The summed E-state index contributed by atoms with van der Waals surface area (Å²) in [7, 11) is 0. The Morgan fingerprint density at radius 1 is 1.05 bits per heavy atom. The molecular formula is C19H22O2. The summed E-state index contributed by atoms with van der Waals surface area (Å²) in [5, 5.41) is 0. The number of carbonyl (C=O) groups is 1. The third-order valence-electron chi connectivity index (χ3n) is 3.60. The highest BCUT2D eigenvalue weighted by Crippen LogP contribution is 2.27. The molecule has 0 aromatic heterocycles. The van der Waals surface area contributed by atoms with E-state index in [1.165, 1.54) is 11.1 Å². The zero-order valence-electron chi connectivity index (χ0n) is 13.1. The Bertz CT molecular complexity index is 625. The molecule has 0 amide bonds. The van der Waals surface area contributed by atoms with Crippen molar-refractivity contribution in [3.63, 3.8) is 0 Å². The van der Waals surface area contributed by atoms with Gasteiger partial charge in [0, 0.05) is 12.0 Å². The Hall–Kier alpha value is -2.09. The summed E-state index contributed by atoms with van der Waals surface area (Å²) in [6.07, 6.45) is 0.524. The molecule has 2 nitrogen and oxygen atoms in total. The van der Waals surface area contributed by atoms with Crippen molar-refractivity contribution in [3.05, 3.63) is 59.2 Å². The predicted octanol–water partition coefficient (Wildman–Crippen LogP) is 5.50. The molecule has 0 fully saturated rings. The minimum atomic E-state index is 0.152. The molecule has 0 aliphatic heterocycles. The van der Waals surface area contributed by atoms with Crippen LogP contribution in [0.25, 0.3) is 0 Å². The zero-order chi connectivity index (χ0) is 15.4. The normalized spacial score (nSPS) is 10.7. The quantitative estimate of drug-likeness (QED) is 0.676. The van der Waals surface area contributed by atoms with E-state index < -0.39 is 0 Å². The van der Waals surface area contributed by atoms with Gasteiger partial charge in [-0.2, -0.15) is 0 Å². The first kappa shape index (κ1) is 15.3. The molecule has 2 aromatic rings. The minimum absolute atomic E-state index is 0.152. The lowest BCUT2D eigenvalue weighted by atomic mass is 9.98. The number of Topliss-reactive ketones (excluding diaryl/α,β-unsaturated/α-hetero) is 1. The largest absolute Gasteiger partial charge is 0.457 e.